The van der Waals surface area contributed by atoms with Crippen LogP contribution in [0, 0.1) is 0 Å². The van der Waals surface area contributed by atoms with Crippen LogP contribution in [0.4, 0.5) is 0 Å². The number of hydrogen-bond acceptors (Lipinski definition) is 5. The molecule has 0 aliphatic heterocycles. The van der Waals surface area contributed by atoms with E-state index < -0.39 is 22.0 Å². The summed E-state index contributed by atoms with van der Waals surface area (Å²) in [6, 6.07) is 0. The van der Waals surface area contributed by atoms with Crippen LogP contribution >= 0.6 is 7.82 Å². The zero-order valence-corrected chi connectivity index (χ0v) is 16.6. The maximum atomic E-state index is 9.16. The second-order valence-corrected chi connectivity index (χ2v) is 5.48. The molecule has 0 atom stereocenters. The molecule has 0 rings (SSSR count). The van der Waals surface area contributed by atoms with E-state index in [0.29, 0.717) is 5.71 Å². The largest absolute Gasteiger partial charge is 1.00 e. The Kier molecular flexibility index (Phi) is 31.0. The van der Waals surface area contributed by atoms with Gasteiger partial charge in [-0.05, 0) is 0 Å². The fraction of sp³-hybridized carbons (Fsp3) is 1.00. The second-order valence-electron chi connectivity index (χ2n) is 1.26. The Morgan fingerprint density at radius 2 is 1.15 bits per heavy atom. The summed E-state index contributed by atoms with van der Waals surface area (Å²) in [4.78, 5) is 22.9. The van der Waals surface area contributed by atoms with Gasteiger partial charge in [0.1, 0.15) is 0 Å². The summed E-state index contributed by atoms with van der Waals surface area (Å²) >= 11 is -4.62. The molecule has 0 aromatic heterocycles. The van der Waals surface area contributed by atoms with Gasteiger partial charge in [-0.25, -0.2) is 0 Å². The smallest absolute Gasteiger partial charge is 0.756 e. The van der Waals surface area contributed by atoms with Gasteiger partial charge in [0.25, 0.3) is 7.82 Å². The number of phosphoric acid groups is 1. The molecule has 0 spiro atoms. The van der Waals surface area contributed by atoms with Gasteiger partial charge in [0.2, 0.25) is 0 Å². The maximum Gasteiger partial charge on any atom is 1.00 e. The topological polar surface area (TPSA) is 144 Å². The maximum absolute atomic E-state index is 9.16. The van der Waals surface area contributed by atoms with Crippen LogP contribution in [-0.4, -0.2) is 24.0 Å². The van der Waals surface area contributed by atoms with Crippen molar-refractivity contribution in [3.8, 4) is 0 Å². The molecule has 0 saturated heterocycles. The van der Waals surface area contributed by atoms with Gasteiger partial charge in [0.15, 0.2) is 0 Å². The summed E-state index contributed by atoms with van der Waals surface area (Å²) < 4.78 is 36.3. The van der Waals surface area contributed by atoms with E-state index >= 15 is 0 Å². The van der Waals surface area contributed by atoms with Gasteiger partial charge in [-0.1, -0.05) is 0 Å². The molecule has 13 heavy (non-hydrogen) atoms. The van der Waals surface area contributed by atoms with E-state index in [-0.39, 0.29) is 88.7 Å². The van der Waals surface area contributed by atoms with Crippen LogP contribution in [-0.2, 0) is 8.30 Å². The molecular formula is CH5AsNa3O7P. The van der Waals surface area contributed by atoms with Crippen molar-refractivity contribution < 1.29 is 120 Å². The predicted octanol–water partition coefficient (Wildman–Crippen LogP) is -12.8. The monoisotopic (exact) mass is 304 g/mol. The van der Waals surface area contributed by atoms with E-state index in [1.807, 2.05) is 0 Å². The van der Waals surface area contributed by atoms with Crippen LogP contribution < -0.4 is 102 Å². The Morgan fingerprint density at radius 1 is 1.15 bits per heavy atom. The fourth-order valence-corrected chi connectivity index (χ4v) is 0. The van der Waals surface area contributed by atoms with Gasteiger partial charge in [0.05, 0.1) is 0 Å². The van der Waals surface area contributed by atoms with Crippen molar-refractivity contribution in [1.29, 1.82) is 0 Å². The van der Waals surface area contributed by atoms with Gasteiger partial charge in [-0.3, -0.25) is 4.57 Å². The number of hydrogen-bond donors (Lipinski definition) is 2. The Labute approximate surface area is 145 Å². The van der Waals surface area contributed by atoms with Crippen molar-refractivity contribution in [2.75, 3.05) is 0 Å². The third-order valence-corrected chi connectivity index (χ3v) is 0. The molecule has 0 fully saturated rings. The van der Waals surface area contributed by atoms with Crippen LogP contribution in [0.2, 0.25) is 5.71 Å². The zero-order valence-electron chi connectivity index (χ0n) is 7.83. The molecule has 0 aliphatic rings. The zero-order chi connectivity index (χ0) is 9.00. The molecule has 0 amide bonds. The van der Waals surface area contributed by atoms with Crippen LogP contribution in [0.3, 0.4) is 0 Å². The molecule has 7 nitrogen and oxygen atoms in total. The SMILES string of the molecule is C[As](=O)([O-])[O-].O=P([O-])(O)O.[Na+].[Na+].[Na+]. The quantitative estimate of drug-likeness (QED) is 0.334. The predicted molar refractivity (Wildman–Crippen MR) is 24.3 cm³/mol. The number of rotatable bonds is 0. The molecule has 0 saturated carbocycles. The molecular weight excluding hydrogens is 299 g/mol. The Hall–Kier alpha value is 3.39. The minimum absolute atomic E-state index is 0. The molecule has 64 valence electrons. The van der Waals surface area contributed by atoms with Crippen molar-refractivity contribution in [2.45, 2.75) is 5.71 Å². The van der Waals surface area contributed by atoms with Gasteiger partial charge in [-0.2, -0.15) is 0 Å². The first-order valence-electron chi connectivity index (χ1n) is 1.76. The minimum Gasteiger partial charge on any atom is -0.756 e. The standard InChI is InChI=1S/CH5AsO3.3Na.H3O4P/c1-2(3,4)5;;;;1-5(2,3)4/h1H3,(H2,3,4,5);;;;(H3,1,2,3,4)/q;3*+1;/p-3. The van der Waals surface area contributed by atoms with E-state index in [9.17, 15) is 0 Å². The summed E-state index contributed by atoms with van der Waals surface area (Å²) in [5, 5.41) is 0. The molecule has 0 aromatic rings. The van der Waals surface area contributed by atoms with Crippen LogP contribution in [0.15, 0.2) is 0 Å². The van der Waals surface area contributed by atoms with Crippen molar-refractivity contribution >= 4 is 22.0 Å². The van der Waals surface area contributed by atoms with Crippen molar-refractivity contribution in [3.63, 3.8) is 0 Å². The molecule has 0 radical (unpaired) electrons. The normalized spacial score (nSPS) is 9.08. The average Bonchev–Trinajstić information content (AvgIpc) is 1.12. The Balaban J connectivity index is -0.0000000267. The van der Waals surface area contributed by atoms with Gasteiger partial charge < -0.3 is 14.7 Å². The van der Waals surface area contributed by atoms with Crippen LogP contribution in [0.25, 0.3) is 0 Å². The second kappa shape index (κ2) is 13.5. The third-order valence-electron chi connectivity index (χ3n) is 0. The molecule has 2 N–H and O–H groups in total. The summed E-state index contributed by atoms with van der Waals surface area (Å²) in [5.74, 6) is 0. The Bertz CT molecular complexity index is 136. The molecule has 0 bridgehead atoms. The Morgan fingerprint density at radius 3 is 1.15 bits per heavy atom. The summed E-state index contributed by atoms with van der Waals surface area (Å²) in [7, 11) is -4.89. The van der Waals surface area contributed by atoms with Gasteiger partial charge in [0, 0.05) is 0 Å². The van der Waals surface area contributed by atoms with E-state index in [2.05, 4.69) is 0 Å². The first-order valence-corrected chi connectivity index (χ1v) is 7.47. The third kappa shape index (κ3) is 240. The minimum atomic E-state index is -4.89. The van der Waals surface area contributed by atoms with E-state index in [1.54, 1.807) is 0 Å². The van der Waals surface area contributed by atoms with Crippen LogP contribution in [0.5, 0.6) is 0 Å². The average molecular weight is 304 g/mol. The van der Waals surface area contributed by atoms with Gasteiger partial charge in [-0.15, -0.1) is 0 Å². The van der Waals surface area contributed by atoms with Crippen molar-refractivity contribution in [3.05, 3.63) is 0 Å². The van der Waals surface area contributed by atoms with E-state index in [1.165, 1.54) is 0 Å². The van der Waals surface area contributed by atoms with Crippen molar-refractivity contribution in [2.24, 2.45) is 0 Å². The summed E-state index contributed by atoms with van der Waals surface area (Å²) in [5.41, 5.74) is 0.693. The molecule has 12 heteroatoms. The first-order chi connectivity index (χ1) is 4.00. The summed E-state index contributed by atoms with van der Waals surface area (Å²) in [6.45, 7) is 0. The van der Waals surface area contributed by atoms with Crippen LogP contribution in [0.1, 0.15) is 0 Å². The van der Waals surface area contributed by atoms with E-state index in [0.717, 1.165) is 0 Å². The first kappa shape index (κ1) is 29.9. The summed E-state index contributed by atoms with van der Waals surface area (Å²) in [6.07, 6.45) is 0. The molecule has 0 heterocycles. The molecule has 0 unspecified atom stereocenters. The van der Waals surface area contributed by atoms with Crippen molar-refractivity contribution in [1.82, 2.24) is 0 Å². The fourth-order valence-electron chi connectivity index (χ4n) is 0. The molecule has 0 aromatic carbocycles. The molecule has 0 aliphatic carbocycles. The van der Waals surface area contributed by atoms with E-state index in [4.69, 9.17) is 31.2 Å². The van der Waals surface area contributed by atoms with Gasteiger partial charge >= 0.3 is 120 Å².